The van der Waals surface area contributed by atoms with Crippen molar-refractivity contribution >= 4 is 40.6 Å². The highest BCUT2D eigenvalue weighted by molar-refractivity contribution is 5.78. The molecular formula is C41H38N2. The minimum Gasteiger partial charge on any atom is -0.334 e. The van der Waals surface area contributed by atoms with E-state index in [0.29, 0.717) is 6.04 Å². The molecule has 0 N–H and O–H groups in total. The molecule has 0 heterocycles. The SMILES string of the molecule is CC1=CCC(N(c2ccc(C)cc2)c2ccc(/C=C/c3ccc(N(c4ccccc4)c4ccc(C)cc4)cc3)cc2)C=C1. The number of benzene rings is 5. The topological polar surface area (TPSA) is 6.48 Å². The minimum absolute atomic E-state index is 0.293. The molecular weight excluding hydrogens is 520 g/mol. The fraction of sp³-hybridized carbons (Fsp3) is 0.122. The number of allylic oxidation sites excluding steroid dienone is 2. The molecule has 0 saturated carbocycles. The smallest absolute Gasteiger partial charge is 0.0560 e. The van der Waals surface area contributed by atoms with Crippen LogP contribution < -0.4 is 9.80 Å². The quantitative estimate of drug-likeness (QED) is 0.175. The Balaban J connectivity index is 1.21. The molecule has 0 aromatic heterocycles. The van der Waals surface area contributed by atoms with Crippen molar-refractivity contribution in [3.63, 3.8) is 0 Å². The van der Waals surface area contributed by atoms with Crippen molar-refractivity contribution in [2.75, 3.05) is 9.80 Å². The van der Waals surface area contributed by atoms with Crippen LogP contribution in [-0.4, -0.2) is 6.04 Å². The zero-order valence-corrected chi connectivity index (χ0v) is 25.2. The van der Waals surface area contributed by atoms with E-state index in [-0.39, 0.29) is 0 Å². The second-order valence-electron chi connectivity index (χ2n) is 11.3. The fourth-order valence-electron chi connectivity index (χ4n) is 5.54. The van der Waals surface area contributed by atoms with Crippen LogP contribution in [0.25, 0.3) is 12.2 Å². The molecule has 6 rings (SSSR count). The monoisotopic (exact) mass is 558 g/mol. The first-order valence-electron chi connectivity index (χ1n) is 15.0. The molecule has 0 radical (unpaired) electrons. The molecule has 2 nitrogen and oxygen atoms in total. The van der Waals surface area contributed by atoms with Gasteiger partial charge in [0.15, 0.2) is 0 Å². The number of aryl methyl sites for hydroxylation is 2. The van der Waals surface area contributed by atoms with Crippen molar-refractivity contribution in [1.82, 2.24) is 0 Å². The highest BCUT2D eigenvalue weighted by Gasteiger charge is 2.19. The van der Waals surface area contributed by atoms with E-state index in [1.165, 1.54) is 39.2 Å². The lowest BCUT2D eigenvalue weighted by molar-refractivity contribution is 0.779. The maximum atomic E-state index is 2.44. The molecule has 1 aliphatic carbocycles. The standard InChI is InChI=1S/C41H38N2/c1-31-9-21-37(22-10-31)42(36-7-5-4-6-8-36)40-27-17-34(18-28-40)15-16-35-19-29-41(30-20-35)43(38-23-11-32(2)12-24-38)39-25-13-33(3)14-26-39/h4-25,27-30,39H,26H2,1-3H3/b16-15+. The van der Waals surface area contributed by atoms with Gasteiger partial charge in [0.05, 0.1) is 6.04 Å². The van der Waals surface area contributed by atoms with Gasteiger partial charge in [-0.15, -0.1) is 0 Å². The molecule has 0 fully saturated rings. The van der Waals surface area contributed by atoms with E-state index in [1.807, 2.05) is 0 Å². The van der Waals surface area contributed by atoms with Gasteiger partial charge in [0.1, 0.15) is 0 Å². The Labute approximate surface area is 256 Å². The first-order chi connectivity index (χ1) is 21.0. The molecule has 1 atom stereocenters. The Hall–Kier alpha value is -5.08. The van der Waals surface area contributed by atoms with Crippen molar-refractivity contribution in [1.29, 1.82) is 0 Å². The fourth-order valence-corrected chi connectivity index (χ4v) is 5.54. The Bertz CT molecular complexity index is 1730. The summed E-state index contributed by atoms with van der Waals surface area (Å²) in [5.41, 5.74) is 12.0. The summed E-state index contributed by atoms with van der Waals surface area (Å²) < 4.78 is 0. The van der Waals surface area contributed by atoms with Gasteiger partial charge >= 0.3 is 0 Å². The van der Waals surface area contributed by atoms with Gasteiger partial charge in [-0.05, 0) is 99.0 Å². The summed E-state index contributed by atoms with van der Waals surface area (Å²) in [6.07, 6.45) is 12.3. The summed E-state index contributed by atoms with van der Waals surface area (Å²) in [4.78, 5) is 4.74. The zero-order valence-electron chi connectivity index (χ0n) is 25.2. The third kappa shape index (κ3) is 6.71. The first-order valence-corrected chi connectivity index (χ1v) is 15.0. The molecule has 212 valence electrons. The Morgan fingerprint density at radius 3 is 1.44 bits per heavy atom. The molecule has 0 spiro atoms. The molecule has 1 unspecified atom stereocenters. The number of para-hydroxylation sites is 1. The highest BCUT2D eigenvalue weighted by atomic mass is 15.2. The lowest BCUT2D eigenvalue weighted by Crippen LogP contribution is -2.30. The Morgan fingerprint density at radius 2 is 0.953 bits per heavy atom. The van der Waals surface area contributed by atoms with Crippen LogP contribution in [0.15, 0.2) is 151 Å². The van der Waals surface area contributed by atoms with Gasteiger partial charge in [-0.2, -0.15) is 0 Å². The Kier molecular flexibility index (Phi) is 8.38. The number of rotatable bonds is 8. The van der Waals surface area contributed by atoms with Gasteiger partial charge in [0, 0.05) is 28.4 Å². The van der Waals surface area contributed by atoms with Crippen molar-refractivity contribution in [3.05, 3.63) is 173 Å². The molecule has 1 aliphatic rings. The molecule has 0 bridgehead atoms. The normalized spacial score (nSPS) is 14.5. The summed E-state index contributed by atoms with van der Waals surface area (Å²) >= 11 is 0. The third-order valence-electron chi connectivity index (χ3n) is 8.00. The molecule has 0 saturated heterocycles. The summed E-state index contributed by atoms with van der Waals surface area (Å²) in [6, 6.07) is 46.0. The highest BCUT2D eigenvalue weighted by Crippen LogP contribution is 2.35. The number of nitrogens with zero attached hydrogens (tertiary/aromatic N) is 2. The lowest BCUT2D eigenvalue weighted by atomic mass is 10.0. The van der Waals surface area contributed by atoms with Gasteiger partial charge in [-0.25, -0.2) is 0 Å². The number of hydrogen-bond acceptors (Lipinski definition) is 2. The van der Waals surface area contributed by atoms with Gasteiger partial charge < -0.3 is 9.80 Å². The summed E-state index contributed by atoms with van der Waals surface area (Å²) in [7, 11) is 0. The average Bonchev–Trinajstić information content (AvgIpc) is 3.05. The van der Waals surface area contributed by atoms with Crippen LogP contribution in [-0.2, 0) is 0 Å². The van der Waals surface area contributed by atoms with Crippen LogP contribution >= 0.6 is 0 Å². The van der Waals surface area contributed by atoms with Gasteiger partial charge in [0.2, 0.25) is 0 Å². The van der Waals surface area contributed by atoms with Crippen molar-refractivity contribution in [2.24, 2.45) is 0 Å². The minimum atomic E-state index is 0.293. The van der Waals surface area contributed by atoms with Crippen LogP contribution in [0.1, 0.15) is 35.6 Å². The van der Waals surface area contributed by atoms with E-state index >= 15 is 0 Å². The van der Waals surface area contributed by atoms with Crippen LogP contribution in [0.3, 0.4) is 0 Å². The van der Waals surface area contributed by atoms with E-state index in [1.54, 1.807) is 0 Å². The summed E-state index contributed by atoms with van der Waals surface area (Å²) in [5, 5.41) is 0. The van der Waals surface area contributed by atoms with Crippen molar-refractivity contribution < 1.29 is 0 Å². The molecule has 5 aromatic rings. The van der Waals surface area contributed by atoms with Gasteiger partial charge in [0.25, 0.3) is 0 Å². The predicted octanol–water partition coefficient (Wildman–Crippen LogP) is 11.4. The summed E-state index contributed by atoms with van der Waals surface area (Å²) in [5.74, 6) is 0. The summed E-state index contributed by atoms with van der Waals surface area (Å²) in [6.45, 7) is 6.43. The molecule has 5 aromatic carbocycles. The van der Waals surface area contributed by atoms with Crippen LogP contribution in [0.2, 0.25) is 0 Å². The van der Waals surface area contributed by atoms with Gasteiger partial charge in [-0.1, -0.05) is 114 Å². The number of hydrogen-bond donors (Lipinski definition) is 0. The predicted molar refractivity (Wildman–Crippen MR) is 186 cm³/mol. The molecule has 0 amide bonds. The molecule has 2 heteroatoms. The van der Waals surface area contributed by atoms with Crippen molar-refractivity contribution in [2.45, 2.75) is 33.2 Å². The van der Waals surface area contributed by atoms with Crippen LogP contribution in [0, 0.1) is 13.8 Å². The van der Waals surface area contributed by atoms with Gasteiger partial charge in [-0.3, -0.25) is 0 Å². The average molecular weight is 559 g/mol. The van der Waals surface area contributed by atoms with Crippen molar-refractivity contribution in [3.8, 4) is 0 Å². The second-order valence-corrected chi connectivity index (χ2v) is 11.3. The maximum Gasteiger partial charge on any atom is 0.0560 e. The number of anilines is 5. The van der Waals surface area contributed by atoms with E-state index < -0.39 is 0 Å². The lowest BCUT2D eigenvalue weighted by Gasteiger charge is -2.33. The zero-order chi connectivity index (χ0) is 29.6. The third-order valence-corrected chi connectivity index (χ3v) is 8.00. The van der Waals surface area contributed by atoms with E-state index in [0.717, 1.165) is 23.5 Å². The van der Waals surface area contributed by atoms with E-state index in [2.05, 4.69) is 188 Å². The molecule has 0 aliphatic heterocycles. The van der Waals surface area contributed by atoms with E-state index in [9.17, 15) is 0 Å². The van der Waals surface area contributed by atoms with E-state index in [4.69, 9.17) is 0 Å². The van der Waals surface area contributed by atoms with Crippen LogP contribution in [0.4, 0.5) is 28.4 Å². The second kappa shape index (κ2) is 12.8. The molecule has 43 heavy (non-hydrogen) atoms. The largest absolute Gasteiger partial charge is 0.334 e. The Morgan fingerprint density at radius 1 is 0.512 bits per heavy atom. The first kappa shape index (κ1) is 28.1. The van der Waals surface area contributed by atoms with Crippen LogP contribution in [0.5, 0.6) is 0 Å². The maximum absolute atomic E-state index is 2.44.